The summed E-state index contributed by atoms with van der Waals surface area (Å²) in [5.41, 5.74) is 0. The van der Waals surface area contributed by atoms with E-state index in [1.807, 2.05) is 0 Å². The van der Waals surface area contributed by atoms with Gasteiger partial charge in [-0.25, -0.2) is 13.1 Å². The fourth-order valence-electron chi connectivity index (χ4n) is 3.73. The molecule has 0 aromatic carbocycles. The van der Waals surface area contributed by atoms with Crippen molar-refractivity contribution in [3.63, 3.8) is 0 Å². The largest absolute Gasteiger partial charge is 0.357 e. The average Bonchev–Trinajstić information content (AvgIpc) is 3.05. The first-order valence-corrected chi connectivity index (χ1v) is 12.4. The van der Waals surface area contributed by atoms with Crippen LogP contribution in [0.15, 0.2) is 4.99 Å². The van der Waals surface area contributed by atoms with E-state index in [4.69, 9.17) is 0 Å². The Bertz CT molecular complexity index is 565. The van der Waals surface area contributed by atoms with E-state index in [9.17, 15) is 8.42 Å². The Morgan fingerprint density at radius 3 is 2.43 bits per heavy atom. The SMILES string of the molecule is CCNC(=NCCS(=O)(=O)NCC1CCC1)N1CCC(CN(CC)CC)C1.I. The lowest BCUT2D eigenvalue weighted by atomic mass is 9.86. The highest BCUT2D eigenvalue weighted by Gasteiger charge is 2.26. The maximum absolute atomic E-state index is 12.2. The topological polar surface area (TPSA) is 77.0 Å². The summed E-state index contributed by atoms with van der Waals surface area (Å²) in [5.74, 6) is 2.11. The molecule has 0 spiro atoms. The number of halogens is 1. The Balaban J connectivity index is 0.00000392. The molecular formula is C19H40IN5O2S. The van der Waals surface area contributed by atoms with Crippen LogP contribution in [-0.2, 0) is 10.0 Å². The Morgan fingerprint density at radius 1 is 1.14 bits per heavy atom. The number of guanidine groups is 1. The van der Waals surface area contributed by atoms with Crippen molar-refractivity contribution in [3.05, 3.63) is 0 Å². The molecule has 7 nitrogen and oxygen atoms in total. The van der Waals surface area contributed by atoms with E-state index < -0.39 is 10.0 Å². The second kappa shape index (κ2) is 13.2. The molecule has 2 N–H and O–H groups in total. The molecular weight excluding hydrogens is 489 g/mol. The zero-order valence-electron chi connectivity index (χ0n) is 17.8. The third-order valence-corrected chi connectivity index (χ3v) is 7.10. The number of rotatable bonds is 11. The van der Waals surface area contributed by atoms with Gasteiger partial charge in [-0.3, -0.25) is 4.99 Å². The van der Waals surface area contributed by atoms with Crippen LogP contribution >= 0.6 is 24.0 Å². The smallest absolute Gasteiger partial charge is 0.213 e. The van der Waals surface area contributed by atoms with Gasteiger partial charge in [0.1, 0.15) is 0 Å². The Hall–Kier alpha value is -0.130. The van der Waals surface area contributed by atoms with Crippen LogP contribution in [0.25, 0.3) is 0 Å². The predicted octanol–water partition coefficient (Wildman–Crippen LogP) is 1.95. The molecule has 1 saturated heterocycles. The maximum Gasteiger partial charge on any atom is 0.213 e. The van der Waals surface area contributed by atoms with E-state index >= 15 is 0 Å². The van der Waals surface area contributed by atoms with Crippen LogP contribution in [0.1, 0.15) is 46.5 Å². The highest BCUT2D eigenvalue weighted by molar-refractivity contribution is 14.0. The van der Waals surface area contributed by atoms with Crippen LogP contribution in [0.3, 0.4) is 0 Å². The van der Waals surface area contributed by atoms with Gasteiger partial charge in [0.2, 0.25) is 10.0 Å². The summed E-state index contributed by atoms with van der Waals surface area (Å²) >= 11 is 0. The number of likely N-dealkylation sites (tertiary alicyclic amines) is 1. The first kappa shape index (κ1) is 25.9. The zero-order chi connectivity index (χ0) is 19.7. The van der Waals surface area contributed by atoms with Crippen molar-refractivity contribution >= 4 is 40.0 Å². The van der Waals surface area contributed by atoms with Crippen molar-refractivity contribution in [2.75, 3.05) is 58.1 Å². The molecule has 1 saturated carbocycles. The summed E-state index contributed by atoms with van der Waals surface area (Å²) in [7, 11) is -3.23. The molecule has 0 amide bonds. The fourth-order valence-corrected chi connectivity index (χ4v) is 4.70. The van der Waals surface area contributed by atoms with Gasteiger partial charge in [0.15, 0.2) is 5.96 Å². The van der Waals surface area contributed by atoms with Crippen molar-refractivity contribution in [1.82, 2.24) is 19.8 Å². The third kappa shape index (κ3) is 8.71. The van der Waals surface area contributed by atoms with Crippen molar-refractivity contribution in [2.45, 2.75) is 46.5 Å². The molecule has 0 aromatic rings. The van der Waals surface area contributed by atoms with Crippen LogP contribution in [0.4, 0.5) is 0 Å². The van der Waals surface area contributed by atoms with Gasteiger partial charge >= 0.3 is 0 Å². The molecule has 1 aliphatic heterocycles. The second-order valence-electron chi connectivity index (χ2n) is 7.79. The van der Waals surface area contributed by atoms with E-state index in [0.29, 0.717) is 24.9 Å². The number of sulfonamides is 1. The number of nitrogens with zero attached hydrogens (tertiary/aromatic N) is 3. The van der Waals surface area contributed by atoms with E-state index in [1.165, 1.54) is 12.8 Å². The monoisotopic (exact) mass is 529 g/mol. The second-order valence-corrected chi connectivity index (χ2v) is 9.71. The summed E-state index contributed by atoms with van der Waals surface area (Å²) in [5, 5.41) is 3.33. The highest BCUT2D eigenvalue weighted by Crippen LogP contribution is 2.25. The molecule has 166 valence electrons. The minimum Gasteiger partial charge on any atom is -0.357 e. The number of aliphatic imine (C=N–C) groups is 1. The highest BCUT2D eigenvalue weighted by atomic mass is 127. The maximum atomic E-state index is 12.2. The Labute approximate surface area is 189 Å². The van der Waals surface area contributed by atoms with Gasteiger partial charge in [-0.15, -0.1) is 24.0 Å². The molecule has 28 heavy (non-hydrogen) atoms. The van der Waals surface area contributed by atoms with E-state index in [2.05, 4.69) is 45.6 Å². The van der Waals surface area contributed by atoms with E-state index in [0.717, 1.165) is 58.1 Å². The van der Waals surface area contributed by atoms with Crippen LogP contribution < -0.4 is 10.0 Å². The van der Waals surface area contributed by atoms with Gasteiger partial charge < -0.3 is 15.1 Å². The molecule has 2 aliphatic rings. The minimum atomic E-state index is -3.23. The zero-order valence-corrected chi connectivity index (χ0v) is 21.0. The molecule has 2 fully saturated rings. The summed E-state index contributed by atoms with van der Waals surface area (Å²) in [6.45, 7) is 13.5. The average molecular weight is 530 g/mol. The van der Waals surface area contributed by atoms with Gasteiger partial charge in [-0.2, -0.15) is 0 Å². The molecule has 2 rings (SSSR count). The van der Waals surface area contributed by atoms with Crippen molar-refractivity contribution in [3.8, 4) is 0 Å². The molecule has 9 heteroatoms. The van der Waals surface area contributed by atoms with Gasteiger partial charge in [0.25, 0.3) is 0 Å². The lowest BCUT2D eigenvalue weighted by Crippen LogP contribution is -2.41. The lowest BCUT2D eigenvalue weighted by Gasteiger charge is -2.25. The standard InChI is InChI=1S/C19H39N5O2S.HI/c1-4-20-19(24-12-10-18(16-24)15-23(5-2)6-3)21-11-13-27(25,26)22-14-17-8-7-9-17;/h17-18,22H,4-16H2,1-3H3,(H,20,21);1H. The van der Waals surface area contributed by atoms with Gasteiger partial charge in [-0.1, -0.05) is 20.3 Å². The van der Waals surface area contributed by atoms with Crippen LogP contribution in [0, 0.1) is 11.8 Å². The molecule has 1 atom stereocenters. The normalized spacial score (nSPS) is 20.9. The van der Waals surface area contributed by atoms with Crippen LogP contribution in [-0.4, -0.2) is 82.3 Å². The van der Waals surface area contributed by atoms with Crippen molar-refractivity contribution in [1.29, 1.82) is 0 Å². The van der Waals surface area contributed by atoms with Crippen molar-refractivity contribution < 1.29 is 8.42 Å². The molecule has 1 heterocycles. The summed E-state index contributed by atoms with van der Waals surface area (Å²) in [4.78, 5) is 9.35. The van der Waals surface area contributed by atoms with Crippen LogP contribution in [0.5, 0.6) is 0 Å². The Kier molecular flexibility index (Phi) is 12.2. The van der Waals surface area contributed by atoms with Crippen LogP contribution in [0.2, 0.25) is 0 Å². The first-order chi connectivity index (χ1) is 13.0. The molecule has 0 radical (unpaired) electrons. The Morgan fingerprint density at radius 2 is 1.86 bits per heavy atom. The first-order valence-electron chi connectivity index (χ1n) is 10.7. The molecule has 0 bridgehead atoms. The summed E-state index contributed by atoms with van der Waals surface area (Å²) < 4.78 is 27.1. The summed E-state index contributed by atoms with van der Waals surface area (Å²) in [6, 6.07) is 0. The quantitative estimate of drug-likeness (QED) is 0.243. The summed E-state index contributed by atoms with van der Waals surface area (Å²) in [6.07, 6.45) is 4.69. The molecule has 0 aromatic heterocycles. The lowest BCUT2D eigenvalue weighted by molar-refractivity contribution is 0.255. The van der Waals surface area contributed by atoms with Gasteiger partial charge in [0.05, 0.1) is 12.3 Å². The minimum absolute atomic E-state index is 0. The number of hydrogen-bond acceptors (Lipinski definition) is 4. The number of nitrogens with one attached hydrogen (secondary N) is 2. The number of hydrogen-bond donors (Lipinski definition) is 2. The van der Waals surface area contributed by atoms with Gasteiger partial charge in [0, 0.05) is 32.7 Å². The van der Waals surface area contributed by atoms with E-state index in [1.54, 1.807) is 0 Å². The van der Waals surface area contributed by atoms with E-state index in [-0.39, 0.29) is 29.7 Å². The predicted molar refractivity (Wildman–Crippen MR) is 128 cm³/mol. The van der Waals surface area contributed by atoms with Crippen molar-refractivity contribution in [2.24, 2.45) is 16.8 Å². The fraction of sp³-hybridized carbons (Fsp3) is 0.947. The van der Waals surface area contributed by atoms with Gasteiger partial charge in [-0.05, 0) is 51.1 Å². The molecule has 1 unspecified atom stereocenters. The third-order valence-electron chi connectivity index (χ3n) is 5.77. The molecule has 1 aliphatic carbocycles.